The smallest absolute Gasteiger partial charge is 0.126 e. The molecule has 0 aliphatic heterocycles. The first-order valence-electron chi connectivity index (χ1n) is 7.77. The van der Waals surface area contributed by atoms with Gasteiger partial charge in [0, 0.05) is 12.5 Å². The molecule has 0 radical (unpaired) electrons. The van der Waals surface area contributed by atoms with Gasteiger partial charge in [-0.25, -0.2) is 4.98 Å². The molecule has 0 atom stereocenters. The maximum atomic E-state index is 6.37. The van der Waals surface area contributed by atoms with Gasteiger partial charge >= 0.3 is 0 Å². The van der Waals surface area contributed by atoms with Crippen molar-refractivity contribution >= 4 is 5.82 Å². The van der Waals surface area contributed by atoms with Gasteiger partial charge in [0.25, 0.3) is 0 Å². The lowest BCUT2D eigenvalue weighted by atomic mass is 9.90. The minimum Gasteiger partial charge on any atom is -0.384 e. The fraction of sp³-hybridized carbons (Fsp3) is 0.812. The molecule has 2 rings (SSSR count). The van der Waals surface area contributed by atoms with Crippen LogP contribution in [0.5, 0.6) is 0 Å². The van der Waals surface area contributed by atoms with E-state index in [2.05, 4.69) is 32.3 Å². The summed E-state index contributed by atoms with van der Waals surface area (Å²) in [6.45, 7) is 9.97. The lowest BCUT2D eigenvalue weighted by Gasteiger charge is -2.16. The third-order valence-corrected chi connectivity index (χ3v) is 3.98. The van der Waals surface area contributed by atoms with E-state index in [1.807, 2.05) is 0 Å². The number of hydrogen-bond acceptors (Lipinski definition) is 2. The third-order valence-electron chi connectivity index (χ3n) is 3.98. The largest absolute Gasteiger partial charge is 0.384 e. The number of nitrogens with zero attached hydrogens (tertiary/aromatic N) is 2. The molecule has 0 unspecified atom stereocenters. The Bertz CT molecular complexity index is 420. The number of nitrogens with two attached hydrogens (primary N) is 1. The predicted molar refractivity (Wildman–Crippen MR) is 81.3 cm³/mol. The topological polar surface area (TPSA) is 43.8 Å². The summed E-state index contributed by atoms with van der Waals surface area (Å²) in [5.74, 6) is 2.82. The average Bonchev–Trinajstić information content (AvgIpc) is 2.90. The first-order valence-corrected chi connectivity index (χ1v) is 7.77. The highest BCUT2D eigenvalue weighted by molar-refractivity contribution is 5.39. The summed E-state index contributed by atoms with van der Waals surface area (Å²) in [4.78, 5) is 4.93. The van der Waals surface area contributed by atoms with Gasteiger partial charge in [-0.15, -0.1) is 0 Å². The Labute approximate surface area is 117 Å². The molecule has 0 aromatic carbocycles. The second-order valence-electron chi connectivity index (χ2n) is 7.17. The summed E-state index contributed by atoms with van der Waals surface area (Å²) >= 11 is 0. The fourth-order valence-corrected chi connectivity index (χ4v) is 3.12. The zero-order valence-electron chi connectivity index (χ0n) is 13.0. The molecule has 1 saturated carbocycles. The number of aromatic nitrogens is 2. The van der Waals surface area contributed by atoms with Crippen LogP contribution in [-0.4, -0.2) is 9.55 Å². The maximum Gasteiger partial charge on any atom is 0.126 e. The molecule has 1 heterocycles. The molecule has 0 amide bonds. The number of anilines is 1. The highest BCUT2D eigenvalue weighted by Gasteiger charge is 2.26. The van der Waals surface area contributed by atoms with E-state index in [1.54, 1.807) is 0 Å². The van der Waals surface area contributed by atoms with Crippen LogP contribution in [0.25, 0.3) is 0 Å². The van der Waals surface area contributed by atoms with Gasteiger partial charge < -0.3 is 10.3 Å². The standard InChI is InChI=1S/C16H29N3/c1-5-10-19-14(17)13(11-16(2,3)4)18-15(19)12-8-6-7-9-12/h12H,5-11,17H2,1-4H3. The quantitative estimate of drug-likeness (QED) is 0.888. The van der Waals surface area contributed by atoms with Crippen molar-refractivity contribution in [3.63, 3.8) is 0 Å². The summed E-state index contributed by atoms with van der Waals surface area (Å²) in [5.41, 5.74) is 7.72. The SMILES string of the molecule is CCCn1c(C2CCCC2)nc(CC(C)(C)C)c1N. The molecule has 0 spiro atoms. The molecule has 1 aliphatic carbocycles. The van der Waals surface area contributed by atoms with Gasteiger partial charge in [0.15, 0.2) is 0 Å². The number of nitrogen functional groups attached to an aromatic ring is 1. The van der Waals surface area contributed by atoms with E-state index in [1.165, 1.54) is 31.5 Å². The van der Waals surface area contributed by atoms with Gasteiger partial charge in [-0.05, 0) is 31.1 Å². The Balaban J connectivity index is 2.32. The van der Waals surface area contributed by atoms with Crippen LogP contribution in [0.4, 0.5) is 5.82 Å². The van der Waals surface area contributed by atoms with Gasteiger partial charge in [-0.2, -0.15) is 0 Å². The van der Waals surface area contributed by atoms with Crippen LogP contribution in [0.1, 0.15) is 77.2 Å². The Morgan fingerprint density at radius 1 is 1.26 bits per heavy atom. The van der Waals surface area contributed by atoms with Crippen molar-refractivity contribution < 1.29 is 0 Å². The summed E-state index contributed by atoms with van der Waals surface area (Å²) in [6, 6.07) is 0. The van der Waals surface area contributed by atoms with Crippen LogP contribution in [-0.2, 0) is 13.0 Å². The first-order chi connectivity index (χ1) is 8.92. The van der Waals surface area contributed by atoms with Crippen LogP contribution < -0.4 is 5.73 Å². The molecule has 1 aromatic heterocycles. The van der Waals surface area contributed by atoms with Gasteiger partial charge in [0.2, 0.25) is 0 Å². The number of rotatable bonds is 4. The van der Waals surface area contributed by atoms with Crippen LogP contribution in [0, 0.1) is 5.41 Å². The molecular formula is C16H29N3. The van der Waals surface area contributed by atoms with Crippen LogP contribution in [0.15, 0.2) is 0 Å². The van der Waals surface area contributed by atoms with Crippen molar-refractivity contribution in [3.05, 3.63) is 11.5 Å². The summed E-state index contributed by atoms with van der Waals surface area (Å²) < 4.78 is 2.29. The molecular weight excluding hydrogens is 234 g/mol. The van der Waals surface area contributed by atoms with Crippen LogP contribution >= 0.6 is 0 Å². The monoisotopic (exact) mass is 263 g/mol. The highest BCUT2D eigenvalue weighted by Crippen LogP contribution is 2.36. The van der Waals surface area contributed by atoms with E-state index < -0.39 is 0 Å². The number of hydrogen-bond donors (Lipinski definition) is 1. The Morgan fingerprint density at radius 2 is 1.89 bits per heavy atom. The molecule has 2 N–H and O–H groups in total. The maximum absolute atomic E-state index is 6.37. The molecule has 108 valence electrons. The second kappa shape index (κ2) is 5.56. The van der Waals surface area contributed by atoms with E-state index in [-0.39, 0.29) is 5.41 Å². The number of imidazole rings is 1. The lowest BCUT2D eigenvalue weighted by molar-refractivity contribution is 0.407. The summed E-state index contributed by atoms with van der Waals surface area (Å²) in [7, 11) is 0. The fourth-order valence-electron chi connectivity index (χ4n) is 3.12. The highest BCUT2D eigenvalue weighted by atomic mass is 15.1. The summed E-state index contributed by atoms with van der Waals surface area (Å²) in [6.07, 6.45) is 7.35. The molecule has 3 heteroatoms. The first kappa shape index (κ1) is 14.4. The minimum atomic E-state index is 0.243. The normalized spacial score (nSPS) is 17.3. The average molecular weight is 263 g/mol. The Kier molecular flexibility index (Phi) is 4.22. The van der Waals surface area contributed by atoms with Gasteiger partial charge in [-0.1, -0.05) is 40.5 Å². The summed E-state index contributed by atoms with van der Waals surface area (Å²) in [5, 5.41) is 0. The van der Waals surface area contributed by atoms with Gasteiger partial charge in [-0.3, -0.25) is 0 Å². The molecule has 1 fully saturated rings. The lowest BCUT2D eigenvalue weighted by Crippen LogP contribution is -2.12. The van der Waals surface area contributed by atoms with Crippen molar-refractivity contribution in [2.45, 2.75) is 78.7 Å². The molecule has 1 aromatic rings. The van der Waals surface area contributed by atoms with E-state index in [9.17, 15) is 0 Å². The predicted octanol–water partition coefficient (Wildman–Crippen LogP) is 4.12. The van der Waals surface area contributed by atoms with Crippen LogP contribution in [0.3, 0.4) is 0 Å². The van der Waals surface area contributed by atoms with Crippen molar-refractivity contribution in [3.8, 4) is 0 Å². The van der Waals surface area contributed by atoms with Crippen molar-refractivity contribution in [2.24, 2.45) is 5.41 Å². The Morgan fingerprint density at radius 3 is 2.42 bits per heavy atom. The van der Waals surface area contributed by atoms with E-state index in [4.69, 9.17) is 10.7 Å². The molecule has 3 nitrogen and oxygen atoms in total. The third kappa shape index (κ3) is 3.31. The Hall–Kier alpha value is -0.990. The van der Waals surface area contributed by atoms with E-state index in [0.29, 0.717) is 5.92 Å². The van der Waals surface area contributed by atoms with Gasteiger partial charge in [0.1, 0.15) is 11.6 Å². The van der Waals surface area contributed by atoms with E-state index in [0.717, 1.165) is 30.9 Å². The van der Waals surface area contributed by atoms with Gasteiger partial charge in [0.05, 0.1) is 5.69 Å². The second-order valence-corrected chi connectivity index (χ2v) is 7.17. The van der Waals surface area contributed by atoms with Crippen molar-refractivity contribution in [1.82, 2.24) is 9.55 Å². The van der Waals surface area contributed by atoms with Crippen molar-refractivity contribution in [2.75, 3.05) is 5.73 Å². The zero-order valence-corrected chi connectivity index (χ0v) is 13.0. The molecule has 0 bridgehead atoms. The van der Waals surface area contributed by atoms with Crippen LogP contribution in [0.2, 0.25) is 0 Å². The molecule has 0 saturated heterocycles. The van der Waals surface area contributed by atoms with Crippen molar-refractivity contribution in [1.29, 1.82) is 0 Å². The molecule has 1 aliphatic rings. The zero-order chi connectivity index (χ0) is 14.0. The van der Waals surface area contributed by atoms with E-state index >= 15 is 0 Å². The minimum absolute atomic E-state index is 0.243. The molecule has 19 heavy (non-hydrogen) atoms.